The molecule has 2 aromatic carbocycles. The van der Waals surface area contributed by atoms with E-state index in [1.165, 1.54) is 0 Å². The molecule has 0 aliphatic heterocycles. The molecule has 3 nitrogen and oxygen atoms in total. The van der Waals surface area contributed by atoms with Crippen molar-refractivity contribution in [2.45, 2.75) is 19.4 Å². The summed E-state index contributed by atoms with van der Waals surface area (Å²) in [6.45, 7) is 0.608. The number of hydrogen-bond acceptors (Lipinski definition) is 2. The van der Waals surface area contributed by atoms with E-state index in [-0.39, 0.29) is 5.91 Å². The topological polar surface area (TPSA) is 46.3 Å². The normalized spacial score (nSPS) is 10.4. The fraction of sp³-hybridized carbons (Fsp3) is 0.235. The molecule has 0 heterocycles. The van der Waals surface area contributed by atoms with Crippen LogP contribution < -0.4 is 5.73 Å². The first-order valence-electron chi connectivity index (χ1n) is 6.88. The second-order valence-corrected chi connectivity index (χ2v) is 5.94. The monoisotopic (exact) mass is 346 g/mol. The molecule has 110 valence electrons. The van der Waals surface area contributed by atoms with Crippen LogP contribution in [0, 0.1) is 0 Å². The van der Waals surface area contributed by atoms with E-state index in [9.17, 15) is 4.79 Å². The smallest absolute Gasteiger partial charge is 0.222 e. The molecule has 0 radical (unpaired) electrons. The zero-order valence-electron chi connectivity index (χ0n) is 12.1. The van der Waals surface area contributed by atoms with Crippen LogP contribution in [0.5, 0.6) is 0 Å². The molecule has 0 spiro atoms. The standard InChI is InChI=1S/C17H19BrN2O/c1-20(12-14-6-2-3-8-16(14)18)17(21)10-9-13-5-4-7-15(19)11-13/h2-8,11H,9-10,12,19H2,1H3. The summed E-state index contributed by atoms with van der Waals surface area (Å²) in [5, 5.41) is 0. The zero-order chi connectivity index (χ0) is 15.2. The molecule has 0 bridgehead atoms. The predicted molar refractivity (Wildman–Crippen MR) is 89.8 cm³/mol. The lowest BCUT2D eigenvalue weighted by Crippen LogP contribution is -2.26. The van der Waals surface area contributed by atoms with E-state index >= 15 is 0 Å². The van der Waals surface area contributed by atoms with Crippen LogP contribution in [0.4, 0.5) is 5.69 Å². The Bertz CT molecular complexity index is 628. The highest BCUT2D eigenvalue weighted by atomic mass is 79.9. The third-order valence-electron chi connectivity index (χ3n) is 3.37. The van der Waals surface area contributed by atoms with Crippen molar-refractivity contribution in [3.8, 4) is 0 Å². The number of amides is 1. The molecule has 0 aliphatic rings. The van der Waals surface area contributed by atoms with Gasteiger partial charge in [0.25, 0.3) is 0 Å². The van der Waals surface area contributed by atoms with E-state index in [4.69, 9.17) is 5.73 Å². The fourth-order valence-corrected chi connectivity index (χ4v) is 2.57. The maximum Gasteiger partial charge on any atom is 0.222 e. The summed E-state index contributed by atoms with van der Waals surface area (Å²) >= 11 is 3.51. The Morgan fingerprint density at radius 1 is 1.19 bits per heavy atom. The molecule has 4 heteroatoms. The van der Waals surface area contributed by atoms with Crippen LogP contribution in [0.1, 0.15) is 17.5 Å². The van der Waals surface area contributed by atoms with Crippen molar-refractivity contribution in [1.29, 1.82) is 0 Å². The highest BCUT2D eigenvalue weighted by Gasteiger charge is 2.10. The molecule has 2 N–H and O–H groups in total. The lowest BCUT2D eigenvalue weighted by Gasteiger charge is -2.18. The highest BCUT2D eigenvalue weighted by molar-refractivity contribution is 9.10. The number of aryl methyl sites for hydroxylation is 1. The van der Waals surface area contributed by atoms with Gasteiger partial charge in [0.1, 0.15) is 0 Å². The average molecular weight is 347 g/mol. The molecule has 21 heavy (non-hydrogen) atoms. The fourth-order valence-electron chi connectivity index (χ4n) is 2.16. The molecule has 1 amide bonds. The first-order chi connectivity index (χ1) is 10.1. The minimum Gasteiger partial charge on any atom is -0.399 e. The van der Waals surface area contributed by atoms with Gasteiger partial charge in [-0.1, -0.05) is 46.3 Å². The number of rotatable bonds is 5. The van der Waals surface area contributed by atoms with Crippen LogP contribution in [-0.4, -0.2) is 17.9 Å². The van der Waals surface area contributed by atoms with Gasteiger partial charge in [0.15, 0.2) is 0 Å². The molecule has 0 saturated carbocycles. The minimum absolute atomic E-state index is 0.133. The molecule has 2 rings (SSSR count). The number of carbonyl (C=O) groups is 1. The van der Waals surface area contributed by atoms with Gasteiger partial charge in [0.2, 0.25) is 5.91 Å². The number of carbonyl (C=O) groups excluding carboxylic acids is 1. The molecule has 0 unspecified atom stereocenters. The van der Waals surface area contributed by atoms with E-state index in [1.54, 1.807) is 4.90 Å². The van der Waals surface area contributed by atoms with Gasteiger partial charge in [-0.25, -0.2) is 0 Å². The Hall–Kier alpha value is -1.81. The van der Waals surface area contributed by atoms with Gasteiger partial charge in [-0.05, 0) is 35.7 Å². The second-order valence-electron chi connectivity index (χ2n) is 5.09. The van der Waals surface area contributed by atoms with Crippen molar-refractivity contribution in [2.24, 2.45) is 0 Å². The molecule has 0 aromatic heterocycles. The Morgan fingerprint density at radius 2 is 1.95 bits per heavy atom. The molecular formula is C17H19BrN2O. The Balaban J connectivity index is 1.90. The van der Waals surface area contributed by atoms with Crippen LogP contribution in [0.2, 0.25) is 0 Å². The van der Waals surface area contributed by atoms with E-state index in [2.05, 4.69) is 15.9 Å². The lowest BCUT2D eigenvalue weighted by atomic mass is 10.1. The van der Waals surface area contributed by atoms with Gasteiger partial charge in [-0.15, -0.1) is 0 Å². The SMILES string of the molecule is CN(Cc1ccccc1Br)C(=O)CCc1cccc(N)c1. The largest absolute Gasteiger partial charge is 0.399 e. The Morgan fingerprint density at radius 3 is 2.67 bits per heavy atom. The number of nitrogens with two attached hydrogens (primary N) is 1. The van der Waals surface area contributed by atoms with Crippen LogP contribution in [0.15, 0.2) is 53.0 Å². The van der Waals surface area contributed by atoms with E-state index < -0.39 is 0 Å². The lowest BCUT2D eigenvalue weighted by molar-refractivity contribution is -0.130. The van der Waals surface area contributed by atoms with Crippen LogP contribution >= 0.6 is 15.9 Å². The maximum atomic E-state index is 12.2. The van der Waals surface area contributed by atoms with Gasteiger partial charge >= 0.3 is 0 Å². The number of nitrogen functional groups attached to an aromatic ring is 1. The first kappa shape index (κ1) is 15.6. The van der Waals surface area contributed by atoms with Gasteiger partial charge in [0, 0.05) is 30.2 Å². The number of hydrogen-bond donors (Lipinski definition) is 1. The van der Waals surface area contributed by atoms with E-state index in [0.29, 0.717) is 19.4 Å². The molecule has 0 fully saturated rings. The first-order valence-corrected chi connectivity index (χ1v) is 7.67. The average Bonchev–Trinajstić information content (AvgIpc) is 2.47. The number of benzene rings is 2. The second kappa shape index (κ2) is 7.27. The summed E-state index contributed by atoms with van der Waals surface area (Å²) in [6.07, 6.45) is 1.20. The zero-order valence-corrected chi connectivity index (χ0v) is 13.6. The minimum atomic E-state index is 0.133. The summed E-state index contributed by atoms with van der Waals surface area (Å²) in [5.74, 6) is 0.133. The van der Waals surface area contributed by atoms with Gasteiger partial charge in [-0.2, -0.15) is 0 Å². The van der Waals surface area contributed by atoms with E-state index in [0.717, 1.165) is 21.3 Å². The molecule has 0 atom stereocenters. The Labute approximate surface area is 133 Å². The van der Waals surface area contributed by atoms with Crippen molar-refractivity contribution in [1.82, 2.24) is 4.90 Å². The van der Waals surface area contributed by atoms with Crippen LogP contribution in [0.3, 0.4) is 0 Å². The summed E-state index contributed by atoms with van der Waals surface area (Å²) in [5.41, 5.74) is 8.68. The number of anilines is 1. The molecule has 2 aromatic rings. The van der Waals surface area contributed by atoms with Crippen molar-refractivity contribution in [2.75, 3.05) is 12.8 Å². The third-order valence-corrected chi connectivity index (χ3v) is 4.14. The van der Waals surface area contributed by atoms with E-state index in [1.807, 2.05) is 55.6 Å². The molecule has 0 saturated heterocycles. The van der Waals surface area contributed by atoms with Crippen molar-refractivity contribution in [3.63, 3.8) is 0 Å². The number of nitrogens with zero attached hydrogens (tertiary/aromatic N) is 1. The van der Waals surface area contributed by atoms with Crippen molar-refractivity contribution >= 4 is 27.5 Å². The summed E-state index contributed by atoms with van der Waals surface area (Å²) in [6, 6.07) is 15.6. The summed E-state index contributed by atoms with van der Waals surface area (Å²) in [4.78, 5) is 14.0. The maximum absolute atomic E-state index is 12.2. The van der Waals surface area contributed by atoms with Crippen LogP contribution in [0.25, 0.3) is 0 Å². The Kier molecular flexibility index (Phi) is 5.39. The number of halogens is 1. The quantitative estimate of drug-likeness (QED) is 0.840. The van der Waals surface area contributed by atoms with Gasteiger partial charge < -0.3 is 10.6 Å². The summed E-state index contributed by atoms with van der Waals surface area (Å²) in [7, 11) is 1.83. The predicted octanol–water partition coefficient (Wildman–Crippen LogP) is 3.62. The third kappa shape index (κ3) is 4.60. The van der Waals surface area contributed by atoms with Gasteiger partial charge in [0.05, 0.1) is 0 Å². The molecular weight excluding hydrogens is 328 g/mol. The molecule has 0 aliphatic carbocycles. The van der Waals surface area contributed by atoms with Crippen molar-refractivity contribution in [3.05, 3.63) is 64.1 Å². The summed E-state index contributed by atoms with van der Waals surface area (Å²) < 4.78 is 1.03. The highest BCUT2D eigenvalue weighted by Crippen LogP contribution is 2.18. The van der Waals surface area contributed by atoms with Gasteiger partial charge in [-0.3, -0.25) is 4.79 Å². The van der Waals surface area contributed by atoms with Crippen molar-refractivity contribution < 1.29 is 4.79 Å². The van der Waals surface area contributed by atoms with Crippen LogP contribution in [-0.2, 0) is 17.8 Å².